The number of carbonyl (C=O) groups is 1. The first-order chi connectivity index (χ1) is 27.3. The highest BCUT2D eigenvalue weighted by atomic mass is 19.4. The Morgan fingerprint density at radius 1 is 0.655 bits per heavy atom. The molecule has 1 N–H and O–H groups in total. The average molecular weight is 830 g/mol. The van der Waals surface area contributed by atoms with Crippen molar-refractivity contribution in [1.29, 1.82) is 0 Å². The lowest BCUT2D eigenvalue weighted by atomic mass is 9.77. The molecule has 0 aliphatic carbocycles. The lowest BCUT2D eigenvalue weighted by Gasteiger charge is -2.37. The first-order valence-electron chi connectivity index (χ1n) is 18.1. The van der Waals surface area contributed by atoms with Gasteiger partial charge in [-0.2, -0.15) is 13.2 Å². The lowest BCUT2D eigenvalue weighted by Crippen LogP contribution is -2.48. The minimum absolute atomic E-state index is 0.175. The Bertz CT molecular complexity index is 1900. The number of rotatable bonds is 20. The fraction of sp³-hybridized carbons (Fsp3) is 0.357. The molecule has 6 nitrogen and oxygen atoms in total. The van der Waals surface area contributed by atoms with Gasteiger partial charge in [0.25, 0.3) is 5.91 Å². The number of halogens is 10. The van der Waals surface area contributed by atoms with Gasteiger partial charge in [0.1, 0.15) is 23.1 Å². The molecule has 0 atom stereocenters. The summed E-state index contributed by atoms with van der Waals surface area (Å²) in [5, 5.41) is 2.56. The maximum atomic E-state index is 14.2. The maximum absolute atomic E-state index is 14.2. The molecule has 4 rings (SSSR count). The van der Waals surface area contributed by atoms with E-state index in [0.29, 0.717) is 24.0 Å². The van der Waals surface area contributed by atoms with Gasteiger partial charge in [-0.05, 0) is 84.1 Å². The van der Waals surface area contributed by atoms with Crippen molar-refractivity contribution in [2.24, 2.45) is 0 Å². The summed E-state index contributed by atoms with van der Waals surface area (Å²) in [5.41, 5.74) is -4.60. The average Bonchev–Trinajstić information content (AvgIpc) is 3.14. The zero-order valence-corrected chi connectivity index (χ0v) is 31.3. The molecule has 0 unspecified atom stereocenters. The van der Waals surface area contributed by atoms with Gasteiger partial charge in [0, 0.05) is 18.4 Å². The Balaban J connectivity index is 1.67. The predicted octanol–water partition coefficient (Wildman–Crippen LogP) is 12.2. The maximum Gasteiger partial charge on any atom is 0.573 e. The van der Waals surface area contributed by atoms with E-state index >= 15 is 0 Å². The van der Waals surface area contributed by atoms with Gasteiger partial charge < -0.3 is 24.3 Å². The molecule has 58 heavy (non-hydrogen) atoms. The third-order valence-corrected chi connectivity index (χ3v) is 9.03. The Kier molecular flexibility index (Phi) is 15.5. The number of methoxy groups -OCH3 is 1. The van der Waals surface area contributed by atoms with Crippen LogP contribution in [0.15, 0.2) is 103 Å². The van der Waals surface area contributed by atoms with E-state index < -0.39 is 65.2 Å². The van der Waals surface area contributed by atoms with Crippen LogP contribution in [0.5, 0.6) is 17.2 Å². The molecule has 0 aromatic heterocycles. The molecular formula is C42H41F10NO5. The van der Waals surface area contributed by atoms with Gasteiger partial charge >= 0.3 is 18.9 Å². The number of benzene rings is 4. The van der Waals surface area contributed by atoms with Gasteiger partial charge in [-0.3, -0.25) is 4.79 Å². The van der Waals surface area contributed by atoms with Crippen LogP contribution in [0.1, 0.15) is 84.0 Å². The molecule has 0 fully saturated rings. The summed E-state index contributed by atoms with van der Waals surface area (Å²) < 4.78 is 155. The van der Waals surface area contributed by atoms with Crippen LogP contribution in [0, 0.1) is 5.82 Å². The van der Waals surface area contributed by atoms with E-state index in [1.165, 1.54) is 12.1 Å². The van der Waals surface area contributed by atoms with Gasteiger partial charge in [0.05, 0.1) is 30.6 Å². The van der Waals surface area contributed by atoms with Crippen LogP contribution < -0.4 is 19.5 Å². The number of unbranched alkanes of at least 4 members (excludes halogenated alkanes) is 6. The molecule has 0 aliphatic heterocycles. The molecule has 0 spiro atoms. The summed E-state index contributed by atoms with van der Waals surface area (Å²) in [6, 6.07) is 16.1. The molecule has 0 saturated carbocycles. The largest absolute Gasteiger partial charge is 0.573 e. The second-order valence-corrected chi connectivity index (χ2v) is 13.3. The zero-order valence-electron chi connectivity index (χ0n) is 31.3. The van der Waals surface area contributed by atoms with Crippen LogP contribution in [-0.2, 0) is 22.9 Å². The van der Waals surface area contributed by atoms with E-state index in [0.717, 1.165) is 99.6 Å². The highest BCUT2D eigenvalue weighted by Gasteiger charge is 2.41. The topological polar surface area (TPSA) is 66.0 Å². The van der Waals surface area contributed by atoms with Crippen molar-refractivity contribution in [3.05, 3.63) is 137 Å². The summed E-state index contributed by atoms with van der Waals surface area (Å²) in [5.74, 6) is -3.29. The Morgan fingerprint density at radius 3 is 1.71 bits per heavy atom. The number of hydrogen-bond acceptors (Lipinski definition) is 5. The third kappa shape index (κ3) is 13.9. The van der Waals surface area contributed by atoms with Gasteiger partial charge in [-0.1, -0.05) is 75.1 Å². The summed E-state index contributed by atoms with van der Waals surface area (Å²) in [6.45, 7) is 4.20. The quantitative estimate of drug-likeness (QED) is 0.0546. The van der Waals surface area contributed by atoms with Crippen LogP contribution in [0.4, 0.5) is 43.9 Å². The Hall–Kier alpha value is -5.41. The van der Waals surface area contributed by atoms with Crippen molar-refractivity contribution < 1.29 is 67.6 Å². The normalized spacial score (nSPS) is 12.2. The number of amides is 1. The first kappa shape index (κ1) is 45.3. The van der Waals surface area contributed by atoms with Crippen molar-refractivity contribution >= 4 is 5.91 Å². The highest BCUT2D eigenvalue weighted by molar-refractivity contribution is 5.95. The highest BCUT2D eigenvalue weighted by Crippen LogP contribution is 2.39. The second kappa shape index (κ2) is 19.8. The van der Waals surface area contributed by atoms with E-state index in [-0.39, 0.29) is 17.2 Å². The minimum atomic E-state index is -5.21. The first-order valence-corrected chi connectivity index (χ1v) is 18.1. The van der Waals surface area contributed by atoms with Gasteiger partial charge in [-0.25, -0.2) is 4.39 Å². The van der Waals surface area contributed by atoms with Crippen LogP contribution in [0.25, 0.3) is 0 Å². The number of hydrogen-bond donors (Lipinski definition) is 1. The van der Waals surface area contributed by atoms with Gasteiger partial charge in [0.2, 0.25) is 0 Å². The van der Waals surface area contributed by atoms with Crippen molar-refractivity contribution in [2.75, 3.05) is 13.7 Å². The second-order valence-electron chi connectivity index (χ2n) is 13.3. The molecule has 0 aliphatic rings. The number of nitrogens with one attached hydrogen (secondary N) is 1. The summed E-state index contributed by atoms with van der Waals surface area (Å²) in [7, 11) is 1.60. The smallest absolute Gasteiger partial charge is 0.502 e. The van der Waals surface area contributed by atoms with Crippen molar-refractivity contribution in [1.82, 2.24) is 5.32 Å². The fourth-order valence-corrected chi connectivity index (χ4v) is 6.24. The number of alkyl halides is 9. The van der Waals surface area contributed by atoms with Crippen molar-refractivity contribution in [2.45, 2.75) is 82.2 Å². The van der Waals surface area contributed by atoms with Crippen LogP contribution in [0.2, 0.25) is 0 Å². The van der Waals surface area contributed by atoms with E-state index in [4.69, 9.17) is 9.47 Å². The van der Waals surface area contributed by atoms with E-state index in [2.05, 4.69) is 21.4 Å². The standard InChI is InChI=1S/C42H41F10NO5/c1-28(55-2)12-8-6-4-3-5-7-9-23-56-33-20-17-29(18-21-33)27-39(31-13-10-15-34(25-31)57-41(47,48)49,32-14-11-16-35(26-32)58-42(50,51)52)53-38(54)30-19-22-37(43)36(24-30)40(44,45)46/h10-11,13-22,24-26H,1,3-9,12,23,27H2,2H3,(H,53,54). The zero-order chi connectivity index (χ0) is 42.6. The van der Waals surface area contributed by atoms with Crippen LogP contribution in [0.3, 0.4) is 0 Å². The number of carbonyl (C=O) groups excluding carboxylic acids is 1. The lowest BCUT2D eigenvalue weighted by molar-refractivity contribution is -0.275. The molecule has 16 heteroatoms. The minimum Gasteiger partial charge on any atom is -0.502 e. The summed E-state index contributed by atoms with van der Waals surface area (Å²) >= 11 is 0. The molecule has 0 radical (unpaired) electrons. The summed E-state index contributed by atoms with van der Waals surface area (Å²) in [4.78, 5) is 13.9. The summed E-state index contributed by atoms with van der Waals surface area (Å²) in [6.07, 6.45) is -8.20. The SMILES string of the molecule is C=C(CCCCCCCCCOc1ccc(CC(NC(=O)c2ccc(F)c(C(F)(F)F)c2)(c2cccc(OC(F)(F)F)c2)c2cccc(OC(F)(F)F)c2)cc1)OC. The van der Waals surface area contributed by atoms with E-state index in [9.17, 15) is 48.7 Å². The molecular weight excluding hydrogens is 788 g/mol. The van der Waals surface area contributed by atoms with Crippen molar-refractivity contribution in [3.8, 4) is 17.2 Å². The van der Waals surface area contributed by atoms with E-state index in [1.54, 1.807) is 31.4 Å². The molecule has 314 valence electrons. The fourth-order valence-electron chi connectivity index (χ4n) is 6.24. The monoisotopic (exact) mass is 829 g/mol. The van der Waals surface area contributed by atoms with Crippen LogP contribution >= 0.6 is 0 Å². The Labute approximate surface area is 328 Å². The molecule has 0 heterocycles. The molecule has 1 amide bonds. The van der Waals surface area contributed by atoms with Crippen molar-refractivity contribution in [3.63, 3.8) is 0 Å². The third-order valence-electron chi connectivity index (χ3n) is 9.03. The molecule has 4 aromatic rings. The number of allylic oxidation sites excluding steroid dienone is 1. The van der Waals surface area contributed by atoms with Gasteiger partial charge in [-0.15, -0.1) is 26.3 Å². The van der Waals surface area contributed by atoms with Crippen LogP contribution in [-0.4, -0.2) is 32.3 Å². The molecule has 0 saturated heterocycles. The molecule has 4 aromatic carbocycles. The Morgan fingerprint density at radius 2 is 1.19 bits per heavy atom. The van der Waals surface area contributed by atoms with E-state index in [1.807, 2.05) is 0 Å². The molecule has 0 bridgehead atoms. The predicted molar refractivity (Wildman–Crippen MR) is 195 cm³/mol. The van der Waals surface area contributed by atoms with Gasteiger partial charge in [0.15, 0.2) is 0 Å². The number of ether oxygens (including phenoxy) is 4.